The molecule has 0 atom stereocenters. The van der Waals surface area contributed by atoms with E-state index in [0.29, 0.717) is 0 Å². The first-order valence-electron chi connectivity index (χ1n) is 9.93. The molecule has 0 amide bonds. The summed E-state index contributed by atoms with van der Waals surface area (Å²) in [6, 6.07) is 25.1. The molecule has 0 aliphatic rings. The Morgan fingerprint density at radius 3 is 1.68 bits per heavy atom. The molecule has 0 fully saturated rings. The van der Waals surface area contributed by atoms with Gasteiger partial charge in [0.1, 0.15) is 5.75 Å². The second kappa shape index (κ2) is 8.46. The minimum atomic E-state index is 0.868. The molecule has 0 bridgehead atoms. The van der Waals surface area contributed by atoms with Crippen molar-refractivity contribution in [2.75, 3.05) is 7.11 Å². The number of methoxy groups -OCH3 is 1. The zero-order valence-corrected chi connectivity index (χ0v) is 18.8. The van der Waals surface area contributed by atoms with E-state index < -0.39 is 0 Å². The van der Waals surface area contributed by atoms with Crippen LogP contribution in [0.4, 0.5) is 0 Å². The number of ether oxygens (including phenoxy) is 1. The number of aryl methyl sites for hydroxylation is 1. The van der Waals surface area contributed by atoms with E-state index in [0.717, 1.165) is 27.6 Å². The lowest BCUT2D eigenvalue weighted by Gasteiger charge is -2.02. The molecule has 3 nitrogen and oxygen atoms in total. The zero-order valence-electron chi connectivity index (χ0n) is 17.2. The number of hydrogen-bond donors (Lipinski definition) is 0. The van der Waals surface area contributed by atoms with Gasteiger partial charge in [0.25, 0.3) is 0 Å². The number of thiophene rings is 2. The molecule has 5 rings (SSSR count). The summed E-state index contributed by atoms with van der Waals surface area (Å²) in [5, 5.41) is 0. The summed E-state index contributed by atoms with van der Waals surface area (Å²) < 4.78 is 5.25. The third-order valence-corrected chi connectivity index (χ3v) is 7.36. The van der Waals surface area contributed by atoms with Crippen LogP contribution in [0.3, 0.4) is 0 Å². The highest BCUT2D eigenvalue weighted by molar-refractivity contribution is 7.19. The van der Waals surface area contributed by atoms with Gasteiger partial charge in [0.15, 0.2) is 0 Å². The smallest absolute Gasteiger partial charge is 0.118 e. The number of rotatable bonds is 5. The van der Waals surface area contributed by atoms with Crippen LogP contribution in [-0.4, -0.2) is 17.1 Å². The number of hydrogen-bond acceptors (Lipinski definition) is 5. The van der Waals surface area contributed by atoms with Crippen molar-refractivity contribution in [1.29, 1.82) is 0 Å². The predicted octanol–water partition coefficient (Wildman–Crippen LogP) is 7.58. The van der Waals surface area contributed by atoms with Crippen LogP contribution in [-0.2, 0) is 0 Å². The van der Waals surface area contributed by atoms with E-state index in [2.05, 4.69) is 72.6 Å². The van der Waals surface area contributed by atoms with Crippen LogP contribution >= 0.6 is 22.7 Å². The summed E-state index contributed by atoms with van der Waals surface area (Å²) in [5.41, 5.74) is 5.48. The standard InChI is InChI=1S/C26H20N2OS2/c1-17-3-9-21(27-15-17)25-14-12-24(31-25)19-6-10-22(28-16-19)26-13-11-23(30-26)18-4-7-20(29-2)8-5-18/h3-16H,1-2H3. The third-order valence-electron chi connectivity index (χ3n) is 5.05. The topological polar surface area (TPSA) is 35.0 Å². The van der Waals surface area contributed by atoms with Crippen molar-refractivity contribution in [2.45, 2.75) is 6.92 Å². The molecular weight excluding hydrogens is 420 g/mol. The Bertz CT molecular complexity index is 1300. The molecule has 1 aromatic carbocycles. The molecule has 0 radical (unpaired) electrons. The van der Waals surface area contributed by atoms with E-state index in [9.17, 15) is 0 Å². The summed E-state index contributed by atoms with van der Waals surface area (Å²) in [5.74, 6) is 0.868. The van der Waals surface area contributed by atoms with Crippen molar-refractivity contribution in [3.05, 3.63) is 90.8 Å². The molecule has 5 heteroatoms. The fraction of sp³-hybridized carbons (Fsp3) is 0.0769. The van der Waals surface area contributed by atoms with E-state index >= 15 is 0 Å². The molecule has 0 aliphatic carbocycles. The van der Waals surface area contributed by atoms with Crippen LogP contribution in [0.5, 0.6) is 5.75 Å². The first-order valence-corrected chi connectivity index (χ1v) is 11.6. The third kappa shape index (κ3) is 4.15. The highest BCUT2D eigenvalue weighted by Crippen LogP contribution is 2.36. The lowest BCUT2D eigenvalue weighted by Crippen LogP contribution is -1.81. The zero-order chi connectivity index (χ0) is 21.2. The maximum atomic E-state index is 5.25. The van der Waals surface area contributed by atoms with E-state index in [4.69, 9.17) is 9.72 Å². The van der Waals surface area contributed by atoms with Crippen LogP contribution in [0.15, 0.2) is 85.2 Å². The van der Waals surface area contributed by atoms with Gasteiger partial charge in [-0.05, 0) is 84.8 Å². The number of pyridine rings is 2. The van der Waals surface area contributed by atoms with Gasteiger partial charge in [0, 0.05) is 27.7 Å². The van der Waals surface area contributed by atoms with E-state index in [1.807, 2.05) is 24.5 Å². The predicted molar refractivity (Wildman–Crippen MR) is 131 cm³/mol. The Balaban J connectivity index is 1.36. The fourth-order valence-corrected chi connectivity index (χ4v) is 5.28. The van der Waals surface area contributed by atoms with Crippen LogP contribution in [0.25, 0.3) is 42.0 Å². The maximum Gasteiger partial charge on any atom is 0.118 e. The van der Waals surface area contributed by atoms with Gasteiger partial charge < -0.3 is 4.74 Å². The monoisotopic (exact) mass is 440 g/mol. The first kappa shape index (κ1) is 19.7. The Hall–Kier alpha value is -3.28. The lowest BCUT2D eigenvalue weighted by atomic mass is 10.2. The van der Waals surface area contributed by atoms with Gasteiger partial charge >= 0.3 is 0 Å². The summed E-state index contributed by atoms with van der Waals surface area (Å²) in [4.78, 5) is 14.0. The van der Waals surface area contributed by atoms with Crippen LogP contribution in [0.2, 0.25) is 0 Å². The van der Waals surface area contributed by atoms with Gasteiger partial charge in [-0.3, -0.25) is 9.97 Å². The maximum absolute atomic E-state index is 5.25. The number of nitrogens with zero attached hydrogens (tertiary/aromatic N) is 2. The highest BCUT2D eigenvalue weighted by Gasteiger charge is 2.09. The number of benzene rings is 1. The highest BCUT2D eigenvalue weighted by atomic mass is 32.1. The van der Waals surface area contributed by atoms with Gasteiger partial charge in [-0.2, -0.15) is 0 Å². The molecule has 4 aromatic heterocycles. The molecule has 0 aliphatic heterocycles. The molecular formula is C26H20N2OS2. The second-order valence-electron chi connectivity index (χ2n) is 7.21. The van der Waals surface area contributed by atoms with E-state index in [-0.39, 0.29) is 0 Å². The van der Waals surface area contributed by atoms with Crippen molar-refractivity contribution >= 4 is 22.7 Å². The van der Waals surface area contributed by atoms with Gasteiger partial charge in [-0.1, -0.05) is 6.07 Å². The van der Waals surface area contributed by atoms with Crippen molar-refractivity contribution in [3.8, 4) is 47.8 Å². The van der Waals surface area contributed by atoms with Crippen LogP contribution in [0.1, 0.15) is 5.56 Å². The summed E-state index contributed by atoms with van der Waals surface area (Å²) in [7, 11) is 1.68. The molecule has 0 N–H and O–H groups in total. The molecule has 4 heterocycles. The molecule has 5 aromatic rings. The van der Waals surface area contributed by atoms with Gasteiger partial charge in [0.05, 0.1) is 28.3 Å². The molecule has 152 valence electrons. The molecule has 0 saturated heterocycles. The Morgan fingerprint density at radius 1 is 0.581 bits per heavy atom. The summed E-state index contributed by atoms with van der Waals surface area (Å²) in [6.07, 6.45) is 3.87. The van der Waals surface area contributed by atoms with Crippen LogP contribution < -0.4 is 4.74 Å². The quantitative estimate of drug-likeness (QED) is 0.282. The minimum absolute atomic E-state index is 0.868. The summed E-state index contributed by atoms with van der Waals surface area (Å²) >= 11 is 3.49. The van der Waals surface area contributed by atoms with E-state index in [1.54, 1.807) is 29.8 Å². The average Bonchev–Trinajstić information content (AvgIpc) is 3.50. The minimum Gasteiger partial charge on any atom is -0.497 e. The second-order valence-corrected chi connectivity index (χ2v) is 9.38. The van der Waals surface area contributed by atoms with Crippen molar-refractivity contribution < 1.29 is 4.74 Å². The Labute approximate surface area is 189 Å². The van der Waals surface area contributed by atoms with Crippen molar-refractivity contribution in [2.24, 2.45) is 0 Å². The Kier molecular flexibility index (Phi) is 5.37. The normalized spacial score (nSPS) is 10.9. The van der Waals surface area contributed by atoms with Gasteiger partial charge in [-0.25, -0.2) is 0 Å². The van der Waals surface area contributed by atoms with Crippen molar-refractivity contribution in [1.82, 2.24) is 9.97 Å². The number of aromatic nitrogens is 2. The molecule has 0 unspecified atom stereocenters. The van der Waals surface area contributed by atoms with Gasteiger partial charge in [0.2, 0.25) is 0 Å². The van der Waals surface area contributed by atoms with E-state index in [1.165, 1.54) is 25.8 Å². The first-order chi connectivity index (χ1) is 15.2. The molecule has 0 spiro atoms. The van der Waals surface area contributed by atoms with Crippen molar-refractivity contribution in [3.63, 3.8) is 0 Å². The Morgan fingerprint density at radius 2 is 1.13 bits per heavy atom. The SMILES string of the molecule is COc1ccc(-c2ccc(-c3ccc(-c4ccc(-c5ccc(C)cn5)s4)cn3)s2)cc1. The largest absolute Gasteiger partial charge is 0.497 e. The lowest BCUT2D eigenvalue weighted by molar-refractivity contribution is 0.415. The van der Waals surface area contributed by atoms with Gasteiger partial charge in [-0.15, -0.1) is 22.7 Å². The fourth-order valence-electron chi connectivity index (χ4n) is 3.32. The average molecular weight is 441 g/mol. The molecule has 31 heavy (non-hydrogen) atoms. The molecule has 0 saturated carbocycles. The summed E-state index contributed by atoms with van der Waals surface area (Å²) in [6.45, 7) is 2.05. The van der Waals surface area contributed by atoms with Crippen LogP contribution in [0, 0.1) is 6.92 Å².